The molecule has 1 fully saturated rings. The highest BCUT2D eigenvalue weighted by Crippen LogP contribution is 2.28. The van der Waals surface area contributed by atoms with Gasteiger partial charge >= 0.3 is 0 Å². The molecule has 1 saturated heterocycles. The molecule has 2 amide bonds. The summed E-state index contributed by atoms with van der Waals surface area (Å²) in [4.78, 5) is 32.4. The second kappa shape index (κ2) is 10.9. The number of ether oxygens (including phenoxy) is 1. The van der Waals surface area contributed by atoms with Gasteiger partial charge in [-0.25, -0.2) is 4.98 Å². The minimum absolute atomic E-state index is 0.0189. The van der Waals surface area contributed by atoms with Crippen molar-refractivity contribution < 1.29 is 18.7 Å². The number of amides is 2. The predicted molar refractivity (Wildman–Crippen MR) is 142 cm³/mol. The molecule has 190 valence electrons. The maximum Gasteiger partial charge on any atom is 0.253 e. The molecule has 0 radical (unpaired) electrons. The number of piperidine rings is 1. The highest BCUT2D eigenvalue weighted by atomic mass is 16.5. The van der Waals surface area contributed by atoms with Gasteiger partial charge in [0.2, 0.25) is 11.8 Å². The SMILES string of the molecule is COc1ccc(CNC(=O)[C@@H](C)C2CCN(C(=O)c3ccc4nc(-c5ccccc5)oc4c3)CC2)cc1. The van der Waals surface area contributed by atoms with E-state index in [1.165, 1.54) is 0 Å². The molecule has 4 aromatic rings. The van der Waals surface area contributed by atoms with Crippen molar-refractivity contribution in [1.82, 2.24) is 15.2 Å². The van der Waals surface area contributed by atoms with Crippen LogP contribution in [0.25, 0.3) is 22.6 Å². The van der Waals surface area contributed by atoms with E-state index in [1.807, 2.05) is 78.6 Å². The van der Waals surface area contributed by atoms with E-state index >= 15 is 0 Å². The first-order valence-electron chi connectivity index (χ1n) is 12.7. The van der Waals surface area contributed by atoms with E-state index in [0.29, 0.717) is 36.7 Å². The average molecular weight is 498 g/mol. The molecule has 0 unspecified atom stereocenters. The van der Waals surface area contributed by atoms with Crippen LogP contribution in [0.15, 0.2) is 77.2 Å². The molecule has 5 rings (SSSR count). The largest absolute Gasteiger partial charge is 0.497 e. The van der Waals surface area contributed by atoms with E-state index in [0.717, 1.165) is 35.2 Å². The van der Waals surface area contributed by atoms with Gasteiger partial charge < -0.3 is 19.4 Å². The molecule has 1 atom stereocenters. The molecular formula is C30H31N3O4. The normalized spacial score (nSPS) is 14.9. The van der Waals surface area contributed by atoms with Crippen molar-refractivity contribution in [1.29, 1.82) is 0 Å². The molecule has 1 aliphatic heterocycles. The molecule has 1 aliphatic rings. The van der Waals surface area contributed by atoms with Crippen molar-refractivity contribution in [3.8, 4) is 17.2 Å². The minimum atomic E-state index is -0.113. The number of aromatic nitrogens is 1. The van der Waals surface area contributed by atoms with Crippen molar-refractivity contribution in [2.75, 3.05) is 20.2 Å². The lowest BCUT2D eigenvalue weighted by Crippen LogP contribution is -2.42. The fourth-order valence-corrected chi connectivity index (χ4v) is 4.85. The van der Waals surface area contributed by atoms with Crippen LogP contribution in [-0.2, 0) is 11.3 Å². The number of fused-ring (bicyclic) bond motifs is 1. The van der Waals surface area contributed by atoms with Crippen LogP contribution in [0.3, 0.4) is 0 Å². The summed E-state index contributed by atoms with van der Waals surface area (Å²) >= 11 is 0. The third kappa shape index (κ3) is 5.50. The minimum Gasteiger partial charge on any atom is -0.497 e. The summed E-state index contributed by atoms with van der Waals surface area (Å²) in [5.74, 6) is 1.49. The van der Waals surface area contributed by atoms with Crippen LogP contribution in [0.4, 0.5) is 0 Å². The molecule has 0 spiro atoms. The molecular weight excluding hydrogens is 466 g/mol. The van der Waals surface area contributed by atoms with Crippen molar-refractivity contribution in [2.45, 2.75) is 26.3 Å². The summed E-state index contributed by atoms with van der Waals surface area (Å²) in [6.45, 7) is 3.72. The summed E-state index contributed by atoms with van der Waals surface area (Å²) in [6, 6.07) is 22.8. The Morgan fingerprint density at radius 3 is 2.49 bits per heavy atom. The van der Waals surface area contributed by atoms with Gasteiger partial charge in [0.05, 0.1) is 7.11 Å². The summed E-state index contributed by atoms with van der Waals surface area (Å²) in [5, 5.41) is 3.05. The smallest absolute Gasteiger partial charge is 0.253 e. The summed E-state index contributed by atoms with van der Waals surface area (Å²) in [5.41, 5.74) is 3.84. The van der Waals surface area contributed by atoms with Gasteiger partial charge in [-0.3, -0.25) is 9.59 Å². The number of benzene rings is 3. The number of likely N-dealkylation sites (tertiary alicyclic amines) is 1. The van der Waals surface area contributed by atoms with Crippen LogP contribution >= 0.6 is 0 Å². The molecule has 7 nitrogen and oxygen atoms in total. The summed E-state index contributed by atoms with van der Waals surface area (Å²) in [7, 11) is 1.63. The maximum atomic E-state index is 13.2. The fourth-order valence-electron chi connectivity index (χ4n) is 4.85. The van der Waals surface area contributed by atoms with Gasteiger partial charge in [0, 0.05) is 36.7 Å². The third-order valence-electron chi connectivity index (χ3n) is 7.23. The average Bonchev–Trinajstić information content (AvgIpc) is 3.39. The van der Waals surface area contributed by atoms with Gasteiger partial charge in [0.15, 0.2) is 5.58 Å². The number of carbonyl (C=O) groups is 2. The Morgan fingerprint density at radius 1 is 1.05 bits per heavy atom. The zero-order chi connectivity index (χ0) is 25.8. The Labute approximate surface area is 216 Å². The van der Waals surface area contributed by atoms with Crippen LogP contribution < -0.4 is 10.1 Å². The second-order valence-electron chi connectivity index (χ2n) is 9.55. The molecule has 37 heavy (non-hydrogen) atoms. The van der Waals surface area contributed by atoms with Crippen LogP contribution in [-0.4, -0.2) is 41.9 Å². The Morgan fingerprint density at radius 2 is 1.78 bits per heavy atom. The molecule has 1 N–H and O–H groups in total. The quantitative estimate of drug-likeness (QED) is 0.374. The third-order valence-corrected chi connectivity index (χ3v) is 7.23. The van der Waals surface area contributed by atoms with Crippen molar-refractivity contribution in [2.24, 2.45) is 11.8 Å². The Bertz CT molecular complexity index is 1370. The Hall–Kier alpha value is -4.13. The maximum absolute atomic E-state index is 13.2. The van der Waals surface area contributed by atoms with E-state index in [2.05, 4.69) is 10.3 Å². The monoisotopic (exact) mass is 497 g/mol. The van der Waals surface area contributed by atoms with E-state index in [-0.39, 0.29) is 23.7 Å². The highest BCUT2D eigenvalue weighted by Gasteiger charge is 2.30. The molecule has 0 aliphatic carbocycles. The lowest BCUT2D eigenvalue weighted by Gasteiger charge is -2.34. The van der Waals surface area contributed by atoms with Crippen LogP contribution in [0.5, 0.6) is 5.75 Å². The van der Waals surface area contributed by atoms with Gasteiger partial charge in [-0.15, -0.1) is 0 Å². The lowest BCUT2D eigenvalue weighted by molar-refractivity contribution is -0.126. The lowest BCUT2D eigenvalue weighted by atomic mass is 9.84. The van der Waals surface area contributed by atoms with E-state index in [1.54, 1.807) is 13.2 Å². The number of nitrogens with zero attached hydrogens (tertiary/aromatic N) is 2. The Kier molecular flexibility index (Phi) is 7.21. The molecule has 7 heteroatoms. The second-order valence-corrected chi connectivity index (χ2v) is 9.55. The van der Waals surface area contributed by atoms with Crippen molar-refractivity contribution >= 4 is 22.9 Å². The first-order valence-corrected chi connectivity index (χ1v) is 12.7. The number of hydrogen-bond donors (Lipinski definition) is 1. The van der Waals surface area contributed by atoms with Gasteiger partial charge in [0.25, 0.3) is 5.91 Å². The number of carbonyl (C=O) groups excluding carboxylic acids is 2. The predicted octanol–water partition coefficient (Wildman–Crippen LogP) is 5.31. The highest BCUT2D eigenvalue weighted by molar-refractivity contribution is 5.97. The van der Waals surface area contributed by atoms with E-state index < -0.39 is 0 Å². The van der Waals surface area contributed by atoms with Gasteiger partial charge in [-0.05, 0) is 66.8 Å². The summed E-state index contributed by atoms with van der Waals surface area (Å²) < 4.78 is 11.1. The van der Waals surface area contributed by atoms with Crippen molar-refractivity contribution in [3.05, 3.63) is 83.9 Å². The first-order chi connectivity index (χ1) is 18.0. The molecule has 0 saturated carbocycles. The topological polar surface area (TPSA) is 84.7 Å². The fraction of sp³-hybridized carbons (Fsp3) is 0.300. The van der Waals surface area contributed by atoms with Crippen LogP contribution in [0, 0.1) is 11.8 Å². The van der Waals surface area contributed by atoms with Gasteiger partial charge in [-0.2, -0.15) is 0 Å². The number of nitrogens with one attached hydrogen (secondary N) is 1. The molecule has 3 aromatic carbocycles. The molecule has 2 heterocycles. The molecule has 0 bridgehead atoms. The van der Waals surface area contributed by atoms with Crippen molar-refractivity contribution in [3.63, 3.8) is 0 Å². The number of rotatable bonds is 7. The Balaban J connectivity index is 1.16. The van der Waals surface area contributed by atoms with Gasteiger partial charge in [-0.1, -0.05) is 37.3 Å². The van der Waals surface area contributed by atoms with E-state index in [4.69, 9.17) is 9.15 Å². The molecule has 1 aromatic heterocycles. The number of oxazole rings is 1. The standard InChI is InChI=1S/C30H31N3O4/c1-20(28(34)31-19-21-8-11-25(36-2)12-9-21)22-14-16-33(17-15-22)30(35)24-10-13-26-27(18-24)37-29(32-26)23-6-4-3-5-7-23/h3-13,18,20,22H,14-17,19H2,1-2H3,(H,31,34)/t20-/m0/s1. The number of methoxy groups -OCH3 is 1. The van der Waals surface area contributed by atoms with Crippen LogP contribution in [0.2, 0.25) is 0 Å². The number of hydrogen-bond acceptors (Lipinski definition) is 5. The van der Waals surface area contributed by atoms with Crippen LogP contribution in [0.1, 0.15) is 35.7 Å². The first kappa shape index (κ1) is 24.6. The zero-order valence-corrected chi connectivity index (χ0v) is 21.1. The van der Waals surface area contributed by atoms with E-state index in [9.17, 15) is 9.59 Å². The summed E-state index contributed by atoms with van der Waals surface area (Å²) in [6.07, 6.45) is 1.59. The zero-order valence-electron chi connectivity index (χ0n) is 21.1. The van der Waals surface area contributed by atoms with Gasteiger partial charge in [0.1, 0.15) is 11.3 Å².